The van der Waals surface area contributed by atoms with Crippen molar-refractivity contribution >= 4 is 24.2 Å². The van der Waals surface area contributed by atoms with Crippen LogP contribution in [0.5, 0.6) is 0 Å². The number of halogens is 1. The third-order valence-electron chi connectivity index (χ3n) is 5.07. The van der Waals surface area contributed by atoms with Gasteiger partial charge in [0.1, 0.15) is 6.04 Å². The molecule has 1 aromatic carbocycles. The van der Waals surface area contributed by atoms with Gasteiger partial charge in [-0.15, -0.1) is 12.4 Å². The molecule has 2 aliphatic rings. The normalized spacial score (nSPS) is 20.3. The maximum absolute atomic E-state index is 12.4. The summed E-state index contributed by atoms with van der Waals surface area (Å²) in [7, 11) is 0. The van der Waals surface area contributed by atoms with Crippen LogP contribution >= 0.6 is 12.4 Å². The number of hydrogen-bond donors (Lipinski definition) is 1. The van der Waals surface area contributed by atoms with E-state index in [1.54, 1.807) is 4.90 Å². The molecule has 0 unspecified atom stereocenters. The van der Waals surface area contributed by atoms with Crippen molar-refractivity contribution in [2.75, 3.05) is 26.2 Å². The smallest absolute Gasteiger partial charge is 0.253 e. The first-order chi connectivity index (χ1) is 12.2. The van der Waals surface area contributed by atoms with Gasteiger partial charge in [-0.05, 0) is 37.8 Å². The van der Waals surface area contributed by atoms with Gasteiger partial charge in [0.2, 0.25) is 5.91 Å². The number of nitriles is 1. The van der Waals surface area contributed by atoms with E-state index in [2.05, 4.69) is 11.4 Å². The van der Waals surface area contributed by atoms with E-state index in [0.717, 1.165) is 31.2 Å². The highest BCUT2D eigenvalue weighted by Gasteiger charge is 2.29. The number of carbonyl (C=O) groups excluding carboxylic acids is 2. The summed E-state index contributed by atoms with van der Waals surface area (Å²) >= 11 is 0. The van der Waals surface area contributed by atoms with E-state index < -0.39 is 0 Å². The van der Waals surface area contributed by atoms with Gasteiger partial charge >= 0.3 is 0 Å². The Hall–Kier alpha value is -2.10. The fourth-order valence-electron chi connectivity index (χ4n) is 3.58. The van der Waals surface area contributed by atoms with E-state index in [4.69, 9.17) is 5.26 Å². The van der Waals surface area contributed by atoms with Crippen LogP contribution in [0.4, 0.5) is 0 Å². The Balaban J connectivity index is 0.00000243. The van der Waals surface area contributed by atoms with Gasteiger partial charge in [-0.25, -0.2) is 0 Å². The molecule has 3 rings (SSSR count). The first-order valence-corrected chi connectivity index (χ1v) is 8.96. The minimum atomic E-state index is -0.264. The first kappa shape index (κ1) is 20.2. The van der Waals surface area contributed by atoms with Crippen LogP contribution in [-0.4, -0.2) is 59.9 Å². The summed E-state index contributed by atoms with van der Waals surface area (Å²) in [6.07, 6.45) is 3.37. The van der Waals surface area contributed by atoms with Crippen LogP contribution in [0.1, 0.15) is 36.0 Å². The Kier molecular flexibility index (Phi) is 7.43. The molecule has 26 heavy (non-hydrogen) atoms. The molecule has 2 amide bonds. The highest BCUT2D eigenvalue weighted by atomic mass is 35.5. The van der Waals surface area contributed by atoms with Crippen LogP contribution in [0.25, 0.3) is 0 Å². The number of nitrogens with zero attached hydrogens (tertiary/aromatic N) is 3. The van der Waals surface area contributed by atoms with Crippen molar-refractivity contribution in [2.45, 2.75) is 37.8 Å². The SMILES string of the molecule is Cl.N#C[C@@H]1CCCN1C(=O)CNC1CCN(C(=O)c2ccccc2)CC1. The molecule has 1 aromatic rings. The Labute approximate surface area is 160 Å². The first-order valence-electron chi connectivity index (χ1n) is 8.96. The molecule has 0 radical (unpaired) electrons. The van der Waals surface area contributed by atoms with E-state index in [-0.39, 0.29) is 42.8 Å². The average molecular weight is 377 g/mol. The Morgan fingerprint density at radius 2 is 1.81 bits per heavy atom. The zero-order valence-electron chi connectivity index (χ0n) is 14.8. The van der Waals surface area contributed by atoms with Gasteiger partial charge in [0.05, 0.1) is 12.6 Å². The Morgan fingerprint density at radius 1 is 1.12 bits per heavy atom. The molecule has 0 spiro atoms. The minimum absolute atomic E-state index is 0. The number of carbonyl (C=O) groups is 2. The number of rotatable bonds is 4. The molecule has 1 atom stereocenters. The summed E-state index contributed by atoms with van der Waals surface area (Å²) in [5.41, 5.74) is 0.723. The third kappa shape index (κ3) is 4.75. The lowest BCUT2D eigenvalue weighted by Crippen LogP contribution is -2.48. The van der Waals surface area contributed by atoms with E-state index in [1.165, 1.54) is 0 Å². The molecule has 7 heteroatoms. The van der Waals surface area contributed by atoms with Crippen molar-refractivity contribution in [2.24, 2.45) is 0 Å². The van der Waals surface area contributed by atoms with Crippen molar-refractivity contribution in [1.82, 2.24) is 15.1 Å². The van der Waals surface area contributed by atoms with Crippen molar-refractivity contribution in [3.05, 3.63) is 35.9 Å². The van der Waals surface area contributed by atoms with Crippen LogP contribution < -0.4 is 5.32 Å². The highest BCUT2D eigenvalue weighted by molar-refractivity contribution is 5.94. The average Bonchev–Trinajstić information content (AvgIpc) is 3.15. The maximum atomic E-state index is 12.4. The summed E-state index contributed by atoms with van der Waals surface area (Å²) in [6.45, 7) is 2.35. The van der Waals surface area contributed by atoms with E-state index in [1.807, 2.05) is 35.2 Å². The van der Waals surface area contributed by atoms with Gasteiger partial charge in [0.25, 0.3) is 5.91 Å². The fraction of sp³-hybridized carbons (Fsp3) is 0.526. The fourth-order valence-corrected chi connectivity index (χ4v) is 3.58. The molecule has 140 valence electrons. The molecule has 0 saturated carbocycles. The van der Waals surface area contributed by atoms with Gasteiger partial charge in [0.15, 0.2) is 0 Å². The summed E-state index contributed by atoms with van der Waals surface area (Å²) in [5, 5.41) is 12.4. The van der Waals surface area contributed by atoms with Gasteiger partial charge in [-0.3, -0.25) is 9.59 Å². The number of hydrogen-bond acceptors (Lipinski definition) is 4. The maximum Gasteiger partial charge on any atom is 0.253 e. The van der Waals surface area contributed by atoms with E-state index in [9.17, 15) is 9.59 Å². The monoisotopic (exact) mass is 376 g/mol. The van der Waals surface area contributed by atoms with Crippen molar-refractivity contribution in [3.8, 4) is 6.07 Å². The summed E-state index contributed by atoms with van der Waals surface area (Å²) in [4.78, 5) is 28.3. The van der Waals surface area contributed by atoms with Gasteiger partial charge in [-0.2, -0.15) is 5.26 Å². The van der Waals surface area contributed by atoms with Crippen molar-refractivity contribution < 1.29 is 9.59 Å². The second kappa shape index (κ2) is 9.56. The van der Waals surface area contributed by atoms with Crippen LogP contribution in [-0.2, 0) is 4.79 Å². The number of benzene rings is 1. The van der Waals surface area contributed by atoms with Crippen LogP contribution in [0.2, 0.25) is 0 Å². The molecule has 2 aliphatic heterocycles. The molecular weight excluding hydrogens is 352 g/mol. The van der Waals surface area contributed by atoms with Crippen LogP contribution in [0.3, 0.4) is 0 Å². The number of nitrogens with one attached hydrogen (secondary N) is 1. The zero-order valence-corrected chi connectivity index (χ0v) is 15.6. The molecule has 0 aliphatic carbocycles. The summed E-state index contributed by atoms with van der Waals surface area (Å²) in [5.74, 6) is 0.0795. The standard InChI is InChI=1S/C19H24N4O2.ClH/c20-13-17-7-4-10-23(17)18(24)14-21-16-8-11-22(12-9-16)19(25)15-5-2-1-3-6-15;/h1-3,5-6,16-17,21H,4,7-12,14H2;1H/t17-;/m0./s1. The molecule has 1 N–H and O–H groups in total. The highest BCUT2D eigenvalue weighted by Crippen LogP contribution is 2.17. The molecule has 0 aromatic heterocycles. The van der Waals surface area contributed by atoms with Gasteiger partial charge in [-0.1, -0.05) is 18.2 Å². The lowest BCUT2D eigenvalue weighted by molar-refractivity contribution is -0.130. The molecule has 2 saturated heterocycles. The lowest BCUT2D eigenvalue weighted by Gasteiger charge is -2.33. The number of amides is 2. The number of piperidine rings is 1. The van der Waals surface area contributed by atoms with Crippen LogP contribution in [0, 0.1) is 11.3 Å². The summed E-state index contributed by atoms with van der Waals surface area (Å²) < 4.78 is 0. The molecular formula is C19H25ClN4O2. The Morgan fingerprint density at radius 3 is 2.46 bits per heavy atom. The second-order valence-electron chi connectivity index (χ2n) is 6.69. The molecule has 2 fully saturated rings. The largest absolute Gasteiger partial charge is 0.339 e. The molecule has 6 nitrogen and oxygen atoms in total. The second-order valence-corrected chi connectivity index (χ2v) is 6.69. The zero-order chi connectivity index (χ0) is 17.6. The van der Waals surface area contributed by atoms with E-state index in [0.29, 0.717) is 19.6 Å². The minimum Gasteiger partial charge on any atom is -0.339 e. The summed E-state index contributed by atoms with van der Waals surface area (Å²) in [6, 6.07) is 11.5. The van der Waals surface area contributed by atoms with Gasteiger partial charge < -0.3 is 15.1 Å². The van der Waals surface area contributed by atoms with E-state index >= 15 is 0 Å². The topological polar surface area (TPSA) is 76.4 Å². The lowest BCUT2D eigenvalue weighted by atomic mass is 10.0. The number of likely N-dealkylation sites (tertiary alicyclic amines) is 2. The Bertz CT molecular complexity index is 653. The van der Waals surface area contributed by atoms with Gasteiger partial charge in [0, 0.05) is 31.2 Å². The molecule has 2 heterocycles. The van der Waals surface area contributed by atoms with Crippen molar-refractivity contribution in [1.29, 1.82) is 5.26 Å². The predicted octanol–water partition coefficient (Wildman–Crippen LogP) is 1.82. The predicted molar refractivity (Wildman–Crippen MR) is 101 cm³/mol. The quantitative estimate of drug-likeness (QED) is 0.869. The van der Waals surface area contributed by atoms with Crippen LogP contribution in [0.15, 0.2) is 30.3 Å². The van der Waals surface area contributed by atoms with Crippen molar-refractivity contribution in [3.63, 3.8) is 0 Å². The third-order valence-corrected chi connectivity index (χ3v) is 5.07. The molecule has 0 bridgehead atoms.